The van der Waals surface area contributed by atoms with Gasteiger partial charge in [-0.1, -0.05) is 0 Å². The second-order valence-corrected chi connectivity index (χ2v) is 0.750. The molecule has 12 heteroatoms. The standard InChI is InChI=1S/3CH2O3.2Ce.H2O/c3*2-1(3)4;;;/h3*(H2,2,3,4);;;1H2/q;;;2*+3;/p-6. The van der Waals surface area contributed by atoms with E-state index in [1.165, 1.54) is 0 Å². The van der Waals surface area contributed by atoms with Crippen LogP contribution in [0, 0.1) is 83.5 Å². The number of hydrogen-bond donors (Lipinski definition) is 0. The van der Waals surface area contributed by atoms with Crippen LogP contribution in [0.1, 0.15) is 0 Å². The summed E-state index contributed by atoms with van der Waals surface area (Å²) >= 11 is 0. The Bertz CT molecular complexity index is 116. The number of hydrogen-bond acceptors (Lipinski definition) is 9. The zero-order chi connectivity index (χ0) is 10.7. The number of carbonyl (C=O) groups excluding carboxylic acids is 3. The number of carboxylic acid groups (broad SMARTS) is 6. The van der Waals surface area contributed by atoms with Crippen LogP contribution in [0.2, 0.25) is 0 Å². The van der Waals surface area contributed by atoms with Gasteiger partial charge in [-0.25, -0.2) is 0 Å². The van der Waals surface area contributed by atoms with Gasteiger partial charge in [-0.15, -0.1) is 0 Å². The van der Waals surface area contributed by atoms with Gasteiger partial charge in [0.25, 0.3) is 0 Å². The van der Waals surface area contributed by atoms with Gasteiger partial charge in [0, 0.05) is 0 Å². The first kappa shape index (κ1) is 36.1. The molecule has 0 saturated carbocycles. The molecule has 0 aromatic carbocycles. The molecule has 15 heavy (non-hydrogen) atoms. The summed E-state index contributed by atoms with van der Waals surface area (Å²) in [5, 5.41) is 50.0. The minimum absolute atomic E-state index is 0. The molecular weight excluding hydrogens is 476 g/mol. The van der Waals surface area contributed by atoms with Crippen molar-refractivity contribution in [2.75, 3.05) is 0 Å². The summed E-state index contributed by atoms with van der Waals surface area (Å²) in [6, 6.07) is 0. The predicted molar refractivity (Wildman–Crippen MR) is 19.8 cm³/mol. The van der Waals surface area contributed by atoms with Gasteiger partial charge in [-0.3, -0.25) is 0 Å². The van der Waals surface area contributed by atoms with E-state index in [4.69, 9.17) is 45.0 Å². The van der Waals surface area contributed by atoms with E-state index in [0.29, 0.717) is 0 Å². The van der Waals surface area contributed by atoms with Gasteiger partial charge in [0.05, 0.1) is 0 Å². The van der Waals surface area contributed by atoms with E-state index >= 15 is 0 Å². The molecule has 82 valence electrons. The van der Waals surface area contributed by atoms with Crippen molar-refractivity contribution in [3.8, 4) is 0 Å². The van der Waals surface area contributed by atoms with E-state index in [-0.39, 0.29) is 89.0 Å². The Morgan fingerprint density at radius 2 is 0.533 bits per heavy atom. The summed E-state index contributed by atoms with van der Waals surface area (Å²) in [5.41, 5.74) is 0. The average Bonchev–Trinajstić information content (AvgIpc) is 1.54. The fourth-order valence-electron chi connectivity index (χ4n) is 0. The van der Waals surface area contributed by atoms with Gasteiger partial charge in [-0.2, -0.15) is 0 Å². The summed E-state index contributed by atoms with van der Waals surface area (Å²) in [5.74, 6) is 0. The molecule has 0 bridgehead atoms. The Balaban J connectivity index is -0.0000000184. The maximum absolute atomic E-state index is 8.33. The van der Waals surface area contributed by atoms with Crippen molar-refractivity contribution >= 4 is 18.5 Å². The Labute approximate surface area is 150 Å². The van der Waals surface area contributed by atoms with E-state index in [0.717, 1.165) is 0 Å². The molecule has 0 aliphatic rings. The maximum atomic E-state index is 8.33. The van der Waals surface area contributed by atoms with Crippen LogP contribution in [0.15, 0.2) is 0 Å². The third-order valence-electron chi connectivity index (χ3n) is 0. The monoisotopic (exact) mass is 478 g/mol. The third-order valence-corrected chi connectivity index (χ3v) is 0. The zero-order valence-corrected chi connectivity index (χ0v) is 13.0. The molecule has 0 spiro atoms. The first-order valence-electron chi connectivity index (χ1n) is 1.84. The molecule has 0 aromatic heterocycles. The quantitative estimate of drug-likeness (QED) is 0.322. The van der Waals surface area contributed by atoms with Crippen LogP contribution < -0.4 is 30.6 Å². The molecule has 0 unspecified atom stereocenters. The van der Waals surface area contributed by atoms with Gasteiger partial charge in [0.15, 0.2) is 0 Å². The number of carbonyl (C=O) groups is 3. The van der Waals surface area contributed by atoms with Gasteiger partial charge < -0.3 is 50.5 Å². The molecule has 0 aliphatic heterocycles. The zero-order valence-electron chi connectivity index (χ0n) is 6.67. The Morgan fingerprint density at radius 1 is 0.533 bits per heavy atom. The molecule has 0 aromatic rings. The molecule has 0 rings (SSSR count). The maximum Gasteiger partial charge on any atom is 3.00 e. The molecule has 0 amide bonds. The van der Waals surface area contributed by atoms with Crippen molar-refractivity contribution in [3.63, 3.8) is 0 Å². The normalized spacial score (nSPS) is 4.80. The van der Waals surface area contributed by atoms with Crippen molar-refractivity contribution in [2.24, 2.45) is 0 Å². The van der Waals surface area contributed by atoms with Gasteiger partial charge in [0.2, 0.25) is 0 Å². The summed E-state index contributed by atoms with van der Waals surface area (Å²) in [6.07, 6.45) is -7.00. The number of rotatable bonds is 0. The van der Waals surface area contributed by atoms with Gasteiger partial charge >= 0.3 is 83.5 Å². The first-order valence-corrected chi connectivity index (χ1v) is 1.84. The topological polar surface area (TPSA) is 221 Å². The fraction of sp³-hybridized carbons (Fsp3) is 0. The van der Waals surface area contributed by atoms with Crippen molar-refractivity contribution in [2.45, 2.75) is 0 Å². The van der Waals surface area contributed by atoms with Crippen LogP contribution in [-0.2, 0) is 0 Å². The molecule has 2 N–H and O–H groups in total. The third kappa shape index (κ3) is 8320. The molecule has 2 radical (unpaired) electrons. The molecule has 10 nitrogen and oxygen atoms in total. The first-order chi connectivity index (χ1) is 5.20. The summed E-state index contributed by atoms with van der Waals surface area (Å²) in [6.45, 7) is 0. The molecule has 0 heterocycles. The van der Waals surface area contributed by atoms with Crippen molar-refractivity contribution < 1.29 is 134 Å². The SMILES string of the molecule is O.O=C([O-])[O-].O=C([O-])[O-].O=C([O-])[O-].[Ce+3].[Ce+3]. The van der Waals surface area contributed by atoms with Crippen molar-refractivity contribution in [1.82, 2.24) is 0 Å². The van der Waals surface area contributed by atoms with Gasteiger partial charge in [0.1, 0.15) is 0 Å². The van der Waals surface area contributed by atoms with Crippen LogP contribution in [0.25, 0.3) is 0 Å². The Hall–Kier alpha value is 0.523. The van der Waals surface area contributed by atoms with Crippen LogP contribution in [0.4, 0.5) is 14.4 Å². The second kappa shape index (κ2) is 29.3. The van der Waals surface area contributed by atoms with Crippen LogP contribution in [-0.4, -0.2) is 23.9 Å². The minimum atomic E-state index is -2.33. The van der Waals surface area contributed by atoms with E-state index in [1.807, 2.05) is 0 Å². The predicted octanol–water partition coefficient (Wildman–Crippen LogP) is -8.17. The smallest absolute Gasteiger partial charge is 0.652 e. The largest absolute Gasteiger partial charge is 3.00 e. The van der Waals surface area contributed by atoms with Crippen LogP contribution in [0.5, 0.6) is 0 Å². The molecule has 0 aliphatic carbocycles. The Kier molecular flexibility index (Phi) is 70.5. The van der Waals surface area contributed by atoms with E-state index < -0.39 is 18.5 Å². The molecule has 0 saturated heterocycles. The van der Waals surface area contributed by atoms with E-state index in [9.17, 15) is 0 Å². The minimum Gasteiger partial charge on any atom is -0.652 e. The van der Waals surface area contributed by atoms with E-state index in [1.54, 1.807) is 0 Å². The van der Waals surface area contributed by atoms with E-state index in [2.05, 4.69) is 0 Å². The van der Waals surface area contributed by atoms with Crippen LogP contribution in [0.3, 0.4) is 0 Å². The second-order valence-electron chi connectivity index (χ2n) is 0.750. The molecule has 0 atom stereocenters. The summed E-state index contributed by atoms with van der Waals surface area (Å²) in [7, 11) is 0. The average molecular weight is 478 g/mol. The molecule has 0 fully saturated rings. The van der Waals surface area contributed by atoms with Crippen molar-refractivity contribution in [1.29, 1.82) is 0 Å². The molecular formula is C3H2Ce2O10. The van der Waals surface area contributed by atoms with Gasteiger partial charge in [-0.05, 0) is 18.5 Å². The fourth-order valence-corrected chi connectivity index (χ4v) is 0. The summed E-state index contributed by atoms with van der Waals surface area (Å²) < 4.78 is 0. The van der Waals surface area contributed by atoms with Crippen molar-refractivity contribution in [3.05, 3.63) is 0 Å². The Morgan fingerprint density at radius 3 is 0.533 bits per heavy atom. The summed E-state index contributed by atoms with van der Waals surface area (Å²) in [4.78, 5) is 25.0. The van der Waals surface area contributed by atoms with Crippen LogP contribution >= 0.6 is 0 Å².